The van der Waals surface area contributed by atoms with E-state index in [-0.39, 0.29) is 5.69 Å². The van der Waals surface area contributed by atoms with Crippen LogP contribution in [-0.4, -0.2) is 57.6 Å². The third-order valence-electron chi connectivity index (χ3n) is 4.11. The number of thiazole rings is 1. The van der Waals surface area contributed by atoms with Crippen LogP contribution in [0.3, 0.4) is 0 Å². The Balaban J connectivity index is 2.03. The Morgan fingerprint density at radius 2 is 2.05 bits per heavy atom. The molecule has 2 atom stereocenters. The number of carbonyl (C=O) groups is 1. The lowest BCUT2D eigenvalue weighted by molar-refractivity contribution is 0.0689. The summed E-state index contributed by atoms with van der Waals surface area (Å²) in [4.78, 5) is 21.2. The molecule has 1 aliphatic heterocycles. The molecule has 6 nitrogen and oxygen atoms in total. The maximum atomic E-state index is 11.6. The first kappa shape index (κ1) is 13.4. The summed E-state index contributed by atoms with van der Waals surface area (Å²) in [6.45, 7) is 5.90. The van der Waals surface area contributed by atoms with E-state index in [1.54, 1.807) is 10.6 Å². The van der Waals surface area contributed by atoms with Gasteiger partial charge < -0.3 is 10.0 Å². The third kappa shape index (κ3) is 1.97. The number of aromatic carboxylic acids is 1. The third-order valence-corrected chi connectivity index (χ3v) is 4.86. The van der Waals surface area contributed by atoms with Gasteiger partial charge in [-0.3, -0.25) is 9.30 Å². The topological polar surface area (TPSA) is 61.1 Å². The van der Waals surface area contributed by atoms with Crippen LogP contribution in [0.25, 0.3) is 4.96 Å². The molecule has 1 saturated heterocycles. The van der Waals surface area contributed by atoms with E-state index < -0.39 is 5.97 Å². The normalized spacial score (nSPS) is 24.4. The van der Waals surface area contributed by atoms with Crippen molar-refractivity contribution in [3.63, 3.8) is 0 Å². The minimum atomic E-state index is -0.926. The van der Waals surface area contributed by atoms with Gasteiger partial charge in [0.25, 0.3) is 0 Å². The van der Waals surface area contributed by atoms with Crippen LogP contribution in [0.2, 0.25) is 0 Å². The number of anilines is 1. The van der Waals surface area contributed by atoms with Crippen LogP contribution in [-0.2, 0) is 0 Å². The number of aromatic nitrogens is 2. The molecule has 0 saturated carbocycles. The van der Waals surface area contributed by atoms with Crippen LogP contribution in [0.4, 0.5) is 5.82 Å². The maximum absolute atomic E-state index is 11.6. The predicted molar refractivity (Wildman–Crippen MR) is 78.9 cm³/mol. The van der Waals surface area contributed by atoms with Gasteiger partial charge in [0, 0.05) is 36.8 Å². The molecule has 0 bridgehead atoms. The number of hydrogen-bond donors (Lipinski definition) is 1. The lowest BCUT2D eigenvalue weighted by atomic mass is 10.1. The quantitative estimate of drug-likeness (QED) is 0.912. The monoisotopic (exact) mass is 294 g/mol. The summed E-state index contributed by atoms with van der Waals surface area (Å²) >= 11 is 1.46. The molecule has 2 aromatic heterocycles. The summed E-state index contributed by atoms with van der Waals surface area (Å²) in [5.41, 5.74) is 0.269. The molecule has 1 fully saturated rings. The summed E-state index contributed by atoms with van der Waals surface area (Å²) < 4.78 is 1.66. The zero-order valence-electron chi connectivity index (χ0n) is 11.8. The van der Waals surface area contributed by atoms with Crippen molar-refractivity contribution < 1.29 is 9.90 Å². The lowest BCUT2D eigenvalue weighted by Gasteiger charge is -2.42. The van der Waals surface area contributed by atoms with E-state index in [1.807, 2.05) is 5.38 Å². The fourth-order valence-electron chi connectivity index (χ4n) is 2.77. The molecular formula is C13H18N4O2S. The molecule has 1 N–H and O–H groups in total. The molecule has 0 amide bonds. The van der Waals surface area contributed by atoms with Gasteiger partial charge in [0.15, 0.2) is 16.5 Å². The van der Waals surface area contributed by atoms with E-state index >= 15 is 0 Å². The fourth-order valence-corrected chi connectivity index (χ4v) is 3.48. The van der Waals surface area contributed by atoms with Gasteiger partial charge in [0.05, 0.1) is 0 Å². The minimum absolute atomic E-state index is 0.269. The summed E-state index contributed by atoms with van der Waals surface area (Å²) in [6, 6.07) is 0.750. The van der Waals surface area contributed by atoms with Gasteiger partial charge in [-0.15, -0.1) is 11.3 Å². The van der Waals surface area contributed by atoms with E-state index in [0.717, 1.165) is 18.1 Å². The van der Waals surface area contributed by atoms with Crippen LogP contribution >= 0.6 is 11.3 Å². The summed E-state index contributed by atoms with van der Waals surface area (Å²) in [7, 11) is 2.11. The lowest BCUT2D eigenvalue weighted by Crippen LogP contribution is -2.55. The van der Waals surface area contributed by atoms with E-state index in [0.29, 0.717) is 17.9 Å². The Bertz CT molecular complexity index is 638. The molecule has 0 aliphatic carbocycles. The zero-order chi connectivity index (χ0) is 14.4. The summed E-state index contributed by atoms with van der Waals surface area (Å²) in [5.74, 6) is -0.332. The highest BCUT2D eigenvalue weighted by atomic mass is 32.1. The number of carboxylic acid groups (broad SMARTS) is 1. The molecule has 2 unspecified atom stereocenters. The molecule has 3 heterocycles. The van der Waals surface area contributed by atoms with Gasteiger partial charge in [-0.1, -0.05) is 0 Å². The number of carboxylic acids is 1. The SMILES string of the molecule is CC1CN(c2nc3sccn3c2C(=O)O)CC(C)N1C. The fraction of sp³-hybridized carbons (Fsp3) is 0.538. The van der Waals surface area contributed by atoms with Gasteiger partial charge in [-0.25, -0.2) is 9.78 Å². The van der Waals surface area contributed by atoms with Gasteiger partial charge in [0.2, 0.25) is 0 Å². The second-order valence-corrected chi connectivity index (χ2v) is 6.29. The Kier molecular flexibility index (Phi) is 3.18. The van der Waals surface area contributed by atoms with Gasteiger partial charge >= 0.3 is 5.97 Å². The first-order chi connectivity index (χ1) is 9.49. The largest absolute Gasteiger partial charge is 0.476 e. The standard InChI is InChI=1S/C13H18N4O2S/c1-8-6-16(7-9(2)15(8)3)11-10(12(18)19)17-4-5-20-13(17)14-11/h4-5,8-9H,6-7H2,1-3H3,(H,18,19). The van der Waals surface area contributed by atoms with E-state index in [1.165, 1.54) is 11.3 Å². The Hall–Kier alpha value is -1.60. The highest BCUT2D eigenvalue weighted by Gasteiger charge is 2.31. The average molecular weight is 294 g/mol. The van der Waals surface area contributed by atoms with Gasteiger partial charge in [0.1, 0.15) is 0 Å². The molecule has 0 spiro atoms. The van der Waals surface area contributed by atoms with E-state index in [2.05, 4.69) is 35.7 Å². The second-order valence-electron chi connectivity index (χ2n) is 5.41. The van der Waals surface area contributed by atoms with Crippen molar-refractivity contribution in [1.82, 2.24) is 14.3 Å². The molecule has 7 heteroatoms. The predicted octanol–water partition coefficient (Wildman–Crippen LogP) is 1.62. The Morgan fingerprint density at radius 1 is 1.40 bits per heavy atom. The van der Waals surface area contributed by atoms with Gasteiger partial charge in [-0.05, 0) is 20.9 Å². The van der Waals surface area contributed by atoms with Crippen molar-refractivity contribution in [2.45, 2.75) is 25.9 Å². The Morgan fingerprint density at radius 3 is 2.65 bits per heavy atom. The maximum Gasteiger partial charge on any atom is 0.356 e. The molecule has 20 heavy (non-hydrogen) atoms. The van der Waals surface area contributed by atoms with Crippen molar-refractivity contribution in [2.75, 3.05) is 25.0 Å². The highest BCUT2D eigenvalue weighted by molar-refractivity contribution is 7.15. The molecule has 0 radical (unpaired) electrons. The molecule has 0 aromatic carbocycles. The number of hydrogen-bond acceptors (Lipinski definition) is 5. The smallest absolute Gasteiger partial charge is 0.356 e. The second kappa shape index (κ2) is 4.75. The number of fused-ring (bicyclic) bond motifs is 1. The van der Waals surface area contributed by atoms with Crippen LogP contribution in [0.15, 0.2) is 11.6 Å². The number of rotatable bonds is 2. The van der Waals surface area contributed by atoms with Crippen molar-refractivity contribution >= 4 is 28.1 Å². The number of nitrogens with zero attached hydrogens (tertiary/aromatic N) is 4. The van der Waals surface area contributed by atoms with Crippen molar-refractivity contribution in [3.05, 3.63) is 17.3 Å². The highest BCUT2D eigenvalue weighted by Crippen LogP contribution is 2.27. The van der Waals surface area contributed by atoms with Gasteiger partial charge in [-0.2, -0.15) is 0 Å². The number of likely N-dealkylation sites (N-methyl/N-ethyl adjacent to an activating group) is 1. The molecule has 2 aromatic rings. The summed E-state index contributed by atoms with van der Waals surface area (Å²) in [5, 5.41) is 11.3. The average Bonchev–Trinajstić information content (AvgIpc) is 2.94. The van der Waals surface area contributed by atoms with Crippen molar-refractivity contribution in [1.29, 1.82) is 0 Å². The molecular weight excluding hydrogens is 276 g/mol. The van der Waals surface area contributed by atoms with Crippen LogP contribution in [0.1, 0.15) is 24.3 Å². The molecule has 1 aliphatic rings. The number of piperazine rings is 1. The number of imidazole rings is 1. The first-order valence-corrected chi connectivity index (χ1v) is 7.52. The van der Waals surface area contributed by atoms with Crippen molar-refractivity contribution in [3.8, 4) is 0 Å². The minimum Gasteiger partial charge on any atom is -0.476 e. The Labute approximate surface area is 121 Å². The summed E-state index contributed by atoms with van der Waals surface area (Å²) in [6.07, 6.45) is 1.77. The molecule has 3 rings (SSSR count). The zero-order valence-corrected chi connectivity index (χ0v) is 12.6. The van der Waals surface area contributed by atoms with Crippen LogP contribution < -0.4 is 4.90 Å². The van der Waals surface area contributed by atoms with E-state index in [9.17, 15) is 9.90 Å². The molecule has 108 valence electrons. The first-order valence-electron chi connectivity index (χ1n) is 6.64. The van der Waals surface area contributed by atoms with Crippen LogP contribution in [0, 0.1) is 0 Å². The van der Waals surface area contributed by atoms with E-state index in [4.69, 9.17) is 0 Å². The van der Waals surface area contributed by atoms with Crippen LogP contribution in [0.5, 0.6) is 0 Å². The van der Waals surface area contributed by atoms with Crippen molar-refractivity contribution in [2.24, 2.45) is 0 Å².